The second kappa shape index (κ2) is 6.25. The summed E-state index contributed by atoms with van der Waals surface area (Å²) in [6, 6.07) is 14.6. The highest BCUT2D eigenvalue weighted by molar-refractivity contribution is 7.92. The smallest absolute Gasteiger partial charge is 0.263 e. The van der Waals surface area contributed by atoms with Gasteiger partial charge in [-0.1, -0.05) is 35.9 Å². The molecule has 27 heavy (non-hydrogen) atoms. The Bertz CT molecular complexity index is 933. The monoisotopic (exact) mass is 401 g/mol. The first-order chi connectivity index (χ1) is 12.9. The highest BCUT2D eigenvalue weighted by Crippen LogP contribution is 2.60. The molecule has 0 atom stereocenters. The Morgan fingerprint density at radius 2 is 1.41 bits per heavy atom. The Kier molecular flexibility index (Phi) is 4.07. The molecule has 5 heteroatoms. The van der Waals surface area contributed by atoms with Crippen LogP contribution in [0.2, 0.25) is 5.02 Å². The number of sulfonamides is 1. The average Bonchev–Trinajstić information content (AvgIpc) is 2.61. The van der Waals surface area contributed by atoms with Crippen LogP contribution in [0, 0.1) is 17.8 Å². The summed E-state index contributed by atoms with van der Waals surface area (Å²) in [4.78, 5) is 0.108. The number of hydrogen-bond acceptors (Lipinski definition) is 2. The van der Waals surface area contributed by atoms with E-state index >= 15 is 0 Å². The van der Waals surface area contributed by atoms with Crippen molar-refractivity contribution in [3.05, 3.63) is 59.1 Å². The lowest BCUT2D eigenvalue weighted by atomic mass is 9.48. The zero-order valence-electron chi connectivity index (χ0n) is 15.2. The highest BCUT2D eigenvalue weighted by Gasteiger charge is 2.51. The molecule has 4 bridgehead atoms. The van der Waals surface area contributed by atoms with E-state index < -0.39 is 10.0 Å². The molecule has 2 aromatic rings. The van der Waals surface area contributed by atoms with Gasteiger partial charge in [0, 0.05) is 5.69 Å². The zero-order valence-corrected chi connectivity index (χ0v) is 16.8. The third-order valence-corrected chi connectivity index (χ3v) is 8.79. The molecule has 0 saturated heterocycles. The standard InChI is InChI=1S/C22H24ClNO2S/c23-20-3-1-2-4-21(20)27(25,26)24-19-7-5-18(6-8-19)22-12-15-9-16(13-22)11-17(10-15)14-22/h1-8,15-17,24H,9-14H2. The van der Waals surface area contributed by atoms with E-state index in [0.717, 1.165) is 17.8 Å². The van der Waals surface area contributed by atoms with E-state index in [0.29, 0.717) is 11.1 Å². The second-order valence-electron chi connectivity index (χ2n) is 8.81. The number of halogens is 1. The van der Waals surface area contributed by atoms with E-state index in [1.165, 1.54) is 50.2 Å². The first kappa shape index (κ1) is 17.6. The van der Waals surface area contributed by atoms with Gasteiger partial charge in [0.05, 0.1) is 5.02 Å². The maximum Gasteiger partial charge on any atom is 0.263 e. The lowest BCUT2D eigenvalue weighted by Gasteiger charge is -2.57. The summed E-state index contributed by atoms with van der Waals surface area (Å²) in [5.74, 6) is 2.69. The quantitative estimate of drug-likeness (QED) is 0.723. The first-order valence-electron chi connectivity index (χ1n) is 9.81. The Morgan fingerprint density at radius 3 is 1.96 bits per heavy atom. The van der Waals surface area contributed by atoms with Gasteiger partial charge in [-0.3, -0.25) is 4.72 Å². The lowest BCUT2D eigenvalue weighted by Crippen LogP contribution is -2.48. The van der Waals surface area contributed by atoms with Crippen LogP contribution >= 0.6 is 11.6 Å². The summed E-state index contributed by atoms with van der Waals surface area (Å²) in [6.45, 7) is 0. The molecule has 4 saturated carbocycles. The minimum atomic E-state index is -3.68. The van der Waals surface area contributed by atoms with Crippen molar-refractivity contribution in [3.63, 3.8) is 0 Å². The van der Waals surface area contributed by atoms with Crippen LogP contribution in [0.15, 0.2) is 53.4 Å². The molecule has 4 fully saturated rings. The van der Waals surface area contributed by atoms with Crippen molar-refractivity contribution in [1.82, 2.24) is 0 Å². The van der Waals surface area contributed by atoms with E-state index in [1.54, 1.807) is 18.2 Å². The molecule has 0 heterocycles. The van der Waals surface area contributed by atoms with Crippen LogP contribution in [0.5, 0.6) is 0 Å². The Labute approximate surface area is 166 Å². The number of hydrogen-bond donors (Lipinski definition) is 1. The van der Waals surface area contributed by atoms with Crippen molar-refractivity contribution >= 4 is 27.3 Å². The Hall–Kier alpha value is -1.52. The van der Waals surface area contributed by atoms with Crippen LogP contribution in [0.1, 0.15) is 44.1 Å². The molecule has 142 valence electrons. The predicted molar refractivity (Wildman–Crippen MR) is 109 cm³/mol. The normalized spacial score (nSPS) is 31.8. The van der Waals surface area contributed by atoms with Gasteiger partial charge in [0.2, 0.25) is 0 Å². The van der Waals surface area contributed by atoms with Crippen LogP contribution in [0.3, 0.4) is 0 Å². The Balaban J connectivity index is 1.39. The van der Waals surface area contributed by atoms with Crippen LogP contribution < -0.4 is 4.72 Å². The molecular formula is C22H24ClNO2S. The van der Waals surface area contributed by atoms with Gasteiger partial charge in [0.25, 0.3) is 10.0 Å². The molecule has 4 aliphatic carbocycles. The van der Waals surface area contributed by atoms with E-state index in [1.807, 2.05) is 12.1 Å². The largest absolute Gasteiger partial charge is 0.280 e. The third kappa shape index (κ3) is 3.07. The maximum atomic E-state index is 12.6. The van der Waals surface area contributed by atoms with Gasteiger partial charge >= 0.3 is 0 Å². The minimum Gasteiger partial charge on any atom is -0.280 e. The topological polar surface area (TPSA) is 46.2 Å². The fraction of sp³-hybridized carbons (Fsp3) is 0.455. The minimum absolute atomic E-state index is 0.108. The summed E-state index contributed by atoms with van der Waals surface area (Å²) in [7, 11) is -3.68. The molecule has 3 nitrogen and oxygen atoms in total. The molecule has 0 aromatic heterocycles. The van der Waals surface area contributed by atoms with Crippen molar-refractivity contribution in [2.45, 2.75) is 48.8 Å². The second-order valence-corrected chi connectivity index (χ2v) is 10.9. The van der Waals surface area contributed by atoms with Gasteiger partial charge in [0.1, 0.15) is 4.90 Å². The molecule has 0 amide bonds. The fourth-order valence-corrected chi connectivity index (χ4v) is 7.81. The van der Waals surface area contributed by atoms with Gasteiger partial charge in [-0.2, -0.15) is 0 Å². The Morgan fingerprint density at radius 1 is 0.852 bits per heavy atom. The summed E-state index contributed by atoms with van der Waals surface area (Å²) >= 11 is 6.06. The molecule has 4 aliphatic rings. The van der Waals surface area contributed by atoms with Crippen molar-refractivity contribution in [3.8, 4) is 0 Å². The van der Waals surface area contributed by atoms with Crippen molar-refractivity contribution in [2.24, 2.45) is 17.8 Å². The van der Waals surface area contributed by atoms with Gasteiger partial charge in [0.15, 0.2) is 0 Å². The number of benzene rings is 2. The van der Waals surface area contributed by atoms with E-state index in [2.05, 4.69) is 16.9 Å². The van der Waals surface area contributed by atoms with Crippen LogP contribution in [0.25, 0.3) is 0 Å². The molecule has 0 radical (unpaired) electrons. The van der Waals surface area contributed by atoms with Crippen molar-refractivity contribution in [1.29, 1.82) is 0 Å². The molecular weight excluding hydrogens is 378 g/mol. The van der Waals surface area contributed by atoms with E-state index in [-0.39, 0.29) is 9.92 Å². The predicted octanol–water partition coefficient (Wildman–Crippen LogP) is 5.61. The highest BCUT2D eigenvalue weighted by atomic mass is 35.5. The van der Waals surface area contributed by atoms with Crippen LogP contribution in [-0.4, -0.2) is 8.42 Å². The number of anilines is 1. The zero-order chi connectivity index (χ0) is 18.6. The summed E-state index contributed by atoms with van der Waals surface area (Å²) < 4.78 is 27.9. The third-order valence-electron chi connectivity index (χ3n) is 6.91. The van der Waals surface area contributed by atoms with E-state index in [9.17, 15) is 8.42 Å². The number of rotatable bonds is 4. The van der Waals surface area contributed by atoms with Gasteiger partial charge in [-0.25, -0.2) is 8.42 Å². The van der Waals surface area contributed by atoms with Crippen LogP contribution in [-0.2, 0) is 15.4 Å². The molecule has 0 aliphatic heterocycles. The fourth-order valence-electron chi connectivity index (χ4n) is 6.23. The first-order valence-corrected chi connectivity index (χ1v) is 11.7. The number of nitrogens with one attached hydrogen (secondary N) is 1. The van der Waals surface area contributed by atoms with Gasteiger partial charge in [-0.15, -0.1) is 0 Å². The molecule has 0 unspecified atom stereocenters. The molecule has 0 spiro atoms. The maximum absolute atomic E-state index is 12.6. The van der Waals surface area contributed by atoms with Crippen LogP contribution in [0.4, 0.5) is 5.69 Å². The average molecular weight is 402 g/mol. The molecule has 1 N–H and O–H groups in total. The summed E-state index contributed by atoms with van der Waals surface area (Å²) in [5.41, 5.74) is 2.31. The van der Waals surface area contributed by atoms with E-state index in [4.69, 9.17) is 11.6 Å². The molecule has 6 rings (SSSR count). The van der Waals surface area contributed by atoms with Crippen molar-refractivity contribution in [2.75, 3.05) is 4.72 Å². The van der Waals surface area contributed by atoms with Gasteiger partial charge in [-0.05, 0) is 91.5 Å². The van der Waals surface area contributed by atoms with Gasteiger partial charge < -0.3 is 0 Å². The van der Waals surface area contributed by atoms with Crippen molar-refractivity contribution < 1.29 is 8.42 Å². The summed E-state index contributed by atoms with van der Waals surface area (Å²) in [5, 5.41) is 0.232. The lowest BCUT2D eigenvalue weighted by molar-refractivity contribution is -0.00518. The SMILES string of the molecule is O=S(=O)(Nc1ccc(C23CC4CC(CC(C4)C2)C3)cc1)c1ccccc1Cl. The molecule has 2 aromatic carbocycles. The summed E-state index contributed by atoms with van der Waals surface area (Å²) in [6.07, 6.45) is 8.20.